The third kappa shape index (κ3) is 43100. The molecule has 0 heterocycles. The average Bonchev–Trinajstić information content (AvgIpc) is 1.75. The van der Waals surface area contributed by atoms with Gasteiger partial charge in [-0.3, -0.25) is 0 Å². The van der Waals surface area contributed by atoms with Crippen molar-refractivity contribution in [3.8, 4) is 0 Å². The molecule has 3 heteroatoms. The average molecular weight is 138 g/mol. The molecular formula is C5H15O2P. The fraction of sp³-hybridized carbons (Fsp3) is 0.800. The van der Waals surface area contributed by atoms with Crippen molar-refractivity contribution in [3.63, 3.8) is 0 Å². The van der Waals surface area contributed by atoms with Gasteiger partial charge in [-0.2, -0.15) is 0 Å². The molecule has 1 N–H and O–H groups in total. The topological polar surface area (TPSA) is 37.3 Å². The van der Waals surface area contributed by atoms with E-state index in [1.165, 1.54) is 0 Å². The third-order valence-electron chi connectivity index (χ3n) is 0. The molecule has 0 saturated heterocycles. The fourth-order valence-corrected chi connectivity index (χ4v) is 0. The first-order valence-electron chi connectivity index (χ1n) is 2.08. The maximum absolute atomic E-state index is 8.00. The molecule has 2 nitrogen and oxygen atoms in total. The van der Waals surface area contributed by atoms with Crippen LogP contribution in [0.1, 0.15) is 0 Å². The predicted molar refractivity (Wildman–Crippen MR) is 40.0 cm³/mol. The number of aliphatic hydroxyl groups excluding tert-OH is 1. The quantitative estimate of drug-likeness (QED) is 0.502. The molecule has 0 aromatic rings. The third-order valence-corrected chi connectivity index (χ3v) is 0. The van der Waals surface area contributed by atoms with E-state index < -0.39 is 0 Å². The zero-order valence-corrected chi connectivity index (χ0v) is 6.90. The van der Waals surface area contributed by atoms with Gasteiger partial charge in [-0.15, -0.1) is 7.92 Å². The van der Waals surface area contributed by atoms with E-state index in [2.05, 4.69) is 20.0 Å². The molecule has 0 spiro atoms. The smallest absolute Gasteiger partial charge is 0.106 e. The van der Waals surface area contributed by atoms with Crippen LogP contribution in [0.2, 0.25) is 0 Å². The second-order valence-electron chi connectivity index (χ2n) is 1.34. The van der Waals surface area contributed by atoms with Crippen LogP contribution in [0, 0.1) is 0 Å². The van der Waals surface area contributed by atoms with Crippen LogP contribution in [0.4, 0.5) is 0 Å². The number of rotatable bonds is 0. The Morgan fingerprint density at radius 2 is 1.12 bits per heavy atom. The number of carbonyl (C=O) groups is 1. The summed E-state index contributed by atoms with van der Waals surface area (Å²) >= 11 is 0. The van der Waals surface area contributed by atoms with E-state index in [-0.39, 0.29) is 0 Å². The maximum Gasteiger partial charge on any atom is 0.106 e. The molecular weight excluding hydrogens is 123 g/mol. The molecule has 0 aliphatic heterocycles. The zero-order chi connectivity index (χ0) is 7.58. The Morgan fingerprint density at radius 3 is 1.12 bits per heavy atom. The Morgan fingerprint density at radius 1 is 1.12 bits per heavy atom. The minimum atomic E-state index is 0.380. The molecule has 0 bridgehead atoms. The number of carbonyl (C=O) groups excluding carboxylic acids is 1. The largest absolute Gasteiger partial charge is 0.400 e. The van der Waals surface area contributed by atoms with Gasteiger partial charge in [0.15, 0.2) is 0 Å². The first kappa shape index (κ1) is 15.7. The van der Waals surface area contributed by atoms with E-state index in [0.717, 1.165) is 7.11 Å². The Labute approximate surface area is 52.7 Å². The van der Waals surface area contributed by atoms with Crippen molar-refractivity contribution < 1.29 is 9.90 Å². The summed E-state index contributed by atoms with van der Waals surface area (Å²) in [7, 11) is 1.38. The molecule has 0 aromatic carbocycles. The predicted octanol–water partition coefficient (Wildman–Crippen LogP) is 0.781. The van der Waals surface area contributed by atoms with Gasteiger partial charge in [0.2, 0.25) is 0 Å². The van der Waals surface area contributed by atoms with E-state index in [0.29, 0.717) is 7.92 Å². The minimum absolute atomic E-state index is 0.380. The van der Waals surface area contributed by atoms with Crippen molar-refractivity contribution in [2.45, 2.75) is 0 Å². The molecule has 52 valence electrons. The fourth-order valence-electron chi connectivity index (χ4n) is 0. The SMILES string of the molecule is C=O.CO.CP(C)C. The monoisotopic (exact) mass is 138 g/mol. The molecule has 0 saturated carbocycles. The zero-order valence-electron chi connectivity index (χ0n) is 6.01. The molecule has 0 fully saturated rings. The van der Waals surface area contributed by atoms with Crippen LogP contribution in [0.25, 0.3) is 0 Å². The Balaban J connectivity index is -0.0000000542. The summed E-state index contributed by atoms with van der Waals surface area (Å²) in [5, 5.41) is 7.00. The summed E-state index contributed by atoms with van der Waals surface area (Å²) < 4.78 is 0. The lowest BCUT2D eigenvalue weighted by atomic mass is 11.8. The van der Waals surface area contributed by atoms with E-state index >= 15 is 0 Å². The van der Waals surface area contributed by atoms with Gasteiger partial charge < -0.3 is 9.90 Å². The number of hydrogen-bond acceptors (Lipinski definition) is 2. The standard InChI is InChI=1S/C3H9P.CH4O.CH2O/c1-4(2)3;2*1-2/h1-3H3;2H,1H3;1H2. The highest BCUT2D eigenvalue weighted by molar-refractivity contribution is 7.55. The summed E-state index contributed by atoms with van der Waals surface area (Å²) in [6.07, 6.45) is 0. The Hall–Kier alpha value is 0.0600. The molecule has 0 rings (SSSR count). The van der Waals surface area contributed by atoms with E-state index in [1.54, 1.807) is 0 Å². The van der Waals surface area contributed by atoms with Gasteiger partial charge in [0.05, 0.1) is 0 Å². The van der Waals surface area contributed by atoms with E-state index in [9.17, 15) is 0 Å². The summed E-state index contributed by atoms with van der Waals surface area (Å²) in [6, 6.07) is 0. The minimum Gasteiger partial charge on any atom is -0.400 e. The Kier molecular flexibility index (Phi) is 54.3. The maximum atomic E-state index is 8.00. The van der Waals surface area contributed by atoms with Gasteiger partial charge in [0.25, 0.3) is 0 Å². The van der Waals surface area contributed by atoms with Crippen LogP contribution >= 0.6 is 7.92 Å². The first-order chi connectivity index (χ1) is 3.73. The van der Waals surface area contributed by atoms with Crippen LogP contribution in [-0.2, 0) is 4.79 Å². The van der Waals surface area contributed by atoms with E-state index in [4.69, 9.17) is 9.90 Å². The second kappa shape index (κ2) is 27.7. The highest BCUT2D eigenvalue weighted by atomic mass is 31.1. The molecule has 0 radical (unpaired) electrons. The number of hydrogen-bond donors (Lipinski definition) is 1. The molecule has 0 atom stereocenters. The Bertz CT molecular complexity index is 21.6. The van der Waals surface area contributed by atoms with Gasteiger partial charge in [0.1, 0.15) is 6.79 Å². The summed E-state index contributed by atoms with van der Waals surface area (Å²) in [4.78, 5) is 8.00. The van der Waals surface area contributed by atoms with Crippen LogP contribution in [0.5, 0.6) is 0 Å². The van der Waals surface area contributed by atoms with Crippen LogP contribution < -0.4 is 0 Å². The van der Waals surface area contributed by atoms with Crippen LogP contribution in [0.3, 0.4) is 0 Å². The molecule has 0 aliphatic carbocycles. The highest BCUT2D eigenvalue weighted by Gasteiger charge is 1.65. The van der Waals surface area contributed by atoms with Gasteiger partial charge in [-0.1, -0.05) is 0 Å². The van der Waals surface area contributed by atoms with Crippen molar-refractivity contribution in [1.82, 2.24) is 0 Å². The lowest BCUT2D eigenvalue weighted by Crippen LogP contribution is -1.48. The van der Waals surface area contributed by atoms with Crippen LogP contribution in [-0.4, -0.2) is 39.0 Å². The van der Waals surface area contributed by atoms with Gasteiger partial charge in [-0.05, 0) is 20.0 Å². The molecule has 8 heavy (non-hydrogen) atoms. The molecule has 0 amide bonds. The normalized spacial score (nSPS) is 5.75. The van der Waals surface area contributed by atoms with Gasteiger partial charge >= 0.3 is 0 Å². The summed E-state index contributed by atoms with van der Waals surface area (Å²) in [6.45, 7) is 8.69. The lowest BCUT2D eigenvalue weighted by Gasteiger charge is -1.81. The van der Waals surface area contributed by atoms with Crippen molar-refractivity contribution >= 4 is 14.7 Å². The van der Waals surface area contributed by atoms with Crippen molar-refractivity contribution in [2.75, 3.05) is 27.1 Å². The van der Waals surface area contributed by atoms with E-state index in [1.807, 2.05) is 6.79 Å². The summed E-state index contributed by atoms with van der Waals surface area (Å²) in [5.74, 6) is 0. The van der Waals surface area contributed by atoms with Crippen molar-refractivity contribution in [2.24, 2.45) is 0 Å². The van der Waals surface area contributed by atoms with Crippen molar-refractivity contribution in [3.05, 3.63) is 0 Å². The van der Waals surface area contributed by atoms with Gasteiger partial charge in [0, 0.05) is 7.11 Å². The summed E-state index contributed by atoms with van der Waals surface area (Å²) in [5.41, 5.74) is 0. The lowest BCUT2D eigenvalue weighted by molar-refractivity contribution is -0.0979. The second-order valence-corrected chi connectivity index (χ2v) is 4.02. The first-order valence-corrected chi connectivity index (χ1v) is 4.76. The molecule has 0 aromatic heterocycles. The highest BCUT2D eigenvalue weighted by Crippen LogP contribution is 2.14. The van der Waals surface area contributed by atoms with Crippen LogP contribution in [0.15, 0.2) is 0 Å². The molecule has 0 unspecified atom stereocenters. The molecule has 0 aliphatic rings. The number of aliphatic hydroxyl groups is 1. The van der Waals surface area contributed by atoms with Crippen molar-refractivity contribution in [1.29, 1.82) is 0 Å². The van der Waals surface area contributed by atoms with Gasteiger partial charge in [-0.25, -0.2) is 0 Å².